The summed E-state index contributed by atoms with van der Waals surface area (Å²) < 4.78 is 17.9. The van der Waals surface area contributed by atoms with Crippen molar-refractivity contribution in [1.82, 2.24) is 4.98 Å². The van der Waals surface area contributed by atoms with Gasteiger partial charge in [0, 0.05) is 5.56 Å². The molecule has 0 spiro atoms. The van der Waals surface area contributed by atoms with Gasteiger partial charge in [-0.05, 0) is 66.9 Å². The summed E-state index contributed by atoms with van der Waals surface area (Å²) in [6.45, 7) is 4.08. The van der Waals surface area contributed by atoms with Crippen molar-refractivity contribution >= 4 is 44.1 Å². The molecular formula is C35H30N2O6S. The third-order valence-corrected chi connectivity index (χ3v) is 8.64. The molecule has 0 radical (unpaired) electrons. The summed E-state index contributed by atoms with van der Waals surface area (Å²) in [4.78, 5) is 33.6. The van der Waals surface area contributed by atoms with E-state index >= 15 is 0 Å². The van der Waals surface area contributed by atoms with E-state index in [1.807, 2.05) is 62.4 Å². The number of benzene rings is 4. The van der Waals surface area contributed by atoms with Crippen molar-refractivity contribution in [3.05, 3.63) is 118 Å². The number of carbonyl (C=O) groups is 2. The molecule has 1 atom stereocenters. The SMILES string of the molecule is COc1ccc2nc(N3C(=O)C(=O)C(=C(O)c4cc(C)ccc4C)C3c3ccc(OCc4ccccc4)c(OC)c3)sc2c1. The number of ketones is 1. The lowest BCUT2D eigenvalue weighted by atomic mass is 9.93. The van der Waals surface area contributed by atoms with Crippen LogP contribution in [0.5, 0.6) is 17.2 Å². The van der Waals surface area contributed by atoms with Crippen molar-refractivity contribution in [2.45, 2.75) is 26.5 Å². The molecule has 1 saturated heterocycles. The number of aromatic nitrogens is 1. The molecule has 9 heteroatoms. The van der Waals surface area contributed by atoms with E-state index in [4.69, 9.17) is 19.2 Å². The number of amides is 1. The minimum atomic E-state index is -0.977. The fourth-order valence-corrected chi connectivity index (χ4v) is 6.33. The highest BCUT2D eigenvalue weighted by atomic mass is 32.1. The van der Waals surface area contributed by atoms with Gasteiger partial charge in [-0.3, -0.25) is 14.5 Å². The molecule has 0 bridgehead atoms. The minimum Gasteiger partial charge on any atom is -0.507 e. The smallest absolute Gasteiger partial charge is 0.301 e. The van der Waals surface area contributed by atoms with E-state index in [0.29, 0.717) is 45.6 Å². The van der Waals surface area contributed by atoms with Crippen LogP contribution < -0.4 is 19.1 Å². The molecule has 0 aliphatic carbocycles. The second-order valence-electron chi connectivity index (χ2n) is 10.5. The summed E-state index contributed by atoms with van der Waals surface area (Å²) in [7, 11) is 3.11. The highest BCUT2D eigenvalue weighted by molar-refractivity contribution is 7.22. The maximum atomic E-state index is 13.8. The number of hydrogen-bond donors (Lipinski definition) is 1. The van der Waals surface area contributed by atoms with E-state index in [0.717, 1.165) is 21.4 Å². The number of hydrogen-bond acceptors (Lipinski definition) is 8. The molecule has 5 aromatic rings. The van der Waals surface area contributed by atoms with Crippen LogP contribution in [-0.4, -0.2) is 36.0 Å². The number of Topliss-reactive ketones (excluding diaryl/α,β-unsaturated/α-hetero) is 1. The molecule has 8 nitrogen and oxygen atoms in total. The summed E-state index contributed by atoms with van der Waals surface area (Å²) in [6.07, 6.45) is 0. The number of carbonyl (C=O) groups excluding carboxylic acids is 2. The van der Waals surface area contributed by atoms with Crippen LogP contribution in [0.25, 0.3) is 16.0 Å². The molecule has 44 heavy (non-hydrogen) atoms. The van der Waals surface area contributed by atoms with Gasteiger partial charge >= 0.3 is 5.91 Å². The highest BCUT2D eigenvalue weighted by Gasteiger charge is 2.48. The predicted molar refractivity (Wildman–Crippen MR) is 171 cm³/mol. The zero-order chi connectivity index (χ0) is 31.0. The number of aryl methyl sites for hydroxylation is 2. The first-order valence-corrected chi connectivity index (χ1v) is 14.8. The quantitative estimate of drug-likeness (QED) is 0.114. The Morgan fingerprint density at radius 1 is 0.909 bits per heavy atom. The first-order chi connectivity index (χ1) is 21.3. The van der Waals surface area contributed by atoms with Crippen LogP contribution in [0.2, 0.25) is 0 Å². The highest BCUT2D eigenvalue weighted by Crippen LogP contribution is 2.46. The molecule has 222 valence electrons. The molecule has 1 aromatic heterocycles. The van der Waals surface area contributed by atoms with Gasteiger partial charge in [-0.1, -0.05) is 65.4 Å². The molecule has 1 amide bonds. The van der Waals surface area contributed by atoms with Crippen molar-refractivity contribution < 1.29 is 28.9 Å². The summed E-state index contributed by atoms with van der Waals surface area (Å²) in [5, 5.41) is 12.0. The van der Waals surface area contributed by atoms with E-state index in [1.165, 1.54) is 23.3 Å². The van der Waals surface area contributed by atoms with Gasteiger partial charge in [0.2, 0.25) is 0 Å². The number of fused-ring (bicyclic) bond motifs is 1. The summed E-state index contributed by atoms with van der Waals surface area (Å²) >= 11 is 1.26. The molecule has 1 N–H and O–H groups in total. The van der Waals surface area contributed by atoms with Gasteiger partial charge in [0.15, 0.2) is 16.6 Å². The largest absolute Gasteiger partial charge is 0.507 e. The van der Waals surface area contributed by atoms with Crippen LogP contribution >= 0.6 is 11.3 Å². The summed E-state index contributed by atoms with van der Waals surface area (Å²) in [5.74, 6) is -0.256. The third-order valence-electron chi connectivity index (χ3n) is 7.62. The van der Waals surface area contributed by atoms with Crippen LogP contribution in [0.15, 0.2) is 90.5 Å². The first-order valence-electron chi connectivity index (χ1n) is 14.0. The molecule has 6 rings (SSSR count). The number of rotatable bonds is 8. The molecular weight excluding hydrogens is 576 g/mol. The Morgan fingerprint density at radius 2 is 1.70 bits per heavy atom. The number of nitrogens with zero attached hydrogens (tertiary/aromatic N) is 2. The number of methoxy groups -OCH3 is 2. The van der Waals surface area contributed by atoms with Crippen LogP contribution in [0.4, 0.5) is 5.13 Å². The Hall–Kier alpha value is -5.15. The van der Waals surface area contributed by atoms with Gasteiger partial charge < -0.3 is 19.3 Å². The fraction of sp³-hybridized carbons (Fsp3) is 0.171. The lowest BCUT2D eigenvalue weighted by Crippen LogP contribution is -2.29. The molecule has 4 aromatic carbocycles. The maximum Gasteiger partial charge on any atom is 0.301 e. The van der Waals surface area contributed by atoms with Crippen molar-refractivity contribution in [2.75, 3.05) is 19.1 Å². The lowest BCUT2D eigenvalue weighted by molar-refractivity contribution is -0.132. The average molecular weight is 607 g/mol. The molecule has 1 unspecified atom stereocenters. The van der Waals surface area contributed by atoms with Crippen LogP contribution in [0.3, 0.4) is 0 Å². The van der Waals surface area contributed by atoms with Crippen molar-refractivity contribution in [1.29, 1.82) is 0 Å². The van der Waals surface area contributed by atoms with E-state index in [9.17, 15) is 14.7 Å². The number of aliphatic hydroxyl groups is 1. The standard InChI is InChI=1S/C35H30N2O6S/c1-20-10-11-21(2)25(16-20)32(38)30-31(23-12-15-27(28(17-23)42-4)43-19-22-8-6-5-7-9-22)37(34(40)33(30)39)35-36-26-14-13-24(41-3)18-29(26)44-35/h5-18,31,38H,19H2,1-4H3. The van der Waals surface area contributed by atoms with E-state index in [2.05, 4.69) is 0 Å². The van der Waals surface area contributed by atoms with Gasteiger partial charge in [-0.15, -0.1) is 0 Å². The number of thiazole rings is 1. The van der Waals surface area contributed by atoms with Gasteiger partial charge in [-0.25, -0.2) is 4.98 Å². The van der Waals surface area contributed by atoms with E-state index in [-0.39, 0.29) is 11.3 Å². The van der Waals surface area contributed by atoms with Crippen LogP contribution in [0.1, 0.15) is 33.9 Å². The lowest BCUT2D eigenvalue weighted by Gasteiger charge is -2.24. The normalized spacial score (nSPS) is 16.0. The maximum absolute atomic E-state index is 13.8. The first kappa shape index (κ1) is 28.9. The monoisotopic (exact) mass is 606 g/mol. The Balaban J connectivity index is 1.50. The number of anilines is 1. The fourth-order valence-electron chi connectivity index (χ4n) is 5.31. The van der Waals surface area contributed by atoms with E-state index < -0.39 is 17.7 Å². The van der Waals surface area contributed by atoms with Gasteiger partial charge in [0.25, 0.3) is 5.78 Å². The predicted octanol–water partition coefficient (Wildman–Crippen LogP) is 7.14. The Kier molecular flexibility index (Phi) is 7.80. The summed E-state index contributed by atoms with van der Waals surface area (Å²) in [5.41, 5.74) is 4.34. The van der Waals surface area contributed by atoms with Crippen molar-refractivity contribution in [3.8, 4) is 17.2 Å². The molecule has 1 fully saturated rings. The Labute approximate surface area is 258 Å². The second-order valence-corrected chi connectivity index (χ2v) is 11.5. The average Bonchev–Trinajstić information content (AvgIpc) is 3.58. The third kappa shape index (κ3) is 5.26. The van der Waals surface area contributed by atoms with Gasteiger partial charge in [-0.2, -0.15) is 0 Å². The zero-order valence-electron chi connectivity index (χ0n) is 24.7. The topological polar surface area (TPSA) is 98.2 Å². The van der Waals surface area contributed by atoms with Crippen LogP contribution in [-0.2, 0) is 16.2 Å². The van der Waals surface area contributed by atoms with Gasteiger partial charge in [0.05, 0.1) is 36.1 Å². The molecule has 0 saturated carbocycles. The molecule has 1 aliphatic heterocycles. The van der Waals surface area contributed by atoms with Crippen molar-refractivity contribution in [2.24, 2.45) is 0 Å². The minimum absolute atomic E-state index is 0.0273. The molecule has 1 aliphatic rings. The molecule has 2 heterocycles. The number of ether oxygens (including phenoxy) is 3. The Bertz CT molecular complexity index is 1930. The van der Waals surface area contributed by atoms with Gasteiger partial charge in [0.1, 0.15) is 18.1 Å². The zero-order valence-corrected chi connectivity index (χ0v) is 25.5. The van der Waals surface area contributed by atoms with E-state index in [1.54, 1.807) is 43.5 Å². The van der Waals surface area contributed by atoms with Crippen molar-refractivity contribution in [3.63, 3.8) is 0 Å². The number of aliphatic hydroxyl groups excluding tert-OH is 1. The Morgan fingerprint density at radius 3 is 2.45 bits per heavy atom. The van der Waals surface area contributed by atoms with Crippen LogP contribution in [0, 0.1) is 13.8 Å². The second kappa shape index (κ2) is 11.9. The summed E-state index contributed by atoms with van der Waals surface area (Å²) in [6, 6.07) is 25.1.